The fraction of sp³-hybridized carbons (Fsp3) is 0.0233. The molecule has 2 aliphatic carbocycles. The van der Waals surface area contributed by atoms with Crippen LogP contribution in [0.25, 0.3) is 55.3 Å². The average Bonchev–Trinajstić information content (AvgIpc) is 3.74. The summed E-state index contributed by atoms with van der Waals surface area (Å²) >= 11 is 0. The maximum absolute atomic E-state index is 6.83. The van der Waals surface area contributed by atoms with Crippen LogP contribution in [0.4, 0.5) is 0 Å². The Morgan fingerprint density at radius 2 is 1.04 bits per heavy atom. The molecule has 1 aromatic heterocycles. The third kappa shape index (κ3) is 2.89. The molecule has 0 saturated carbocycles. The molecule has 46 heavy (non-hydrogen) atoms. The highest BCUT2D eigenvalue weighted by molar-refractivity contribution is 6.10. The topological polar surface area (TPSA) is 31.6 Å². The number of benzene rings is 7. The Hall–Kier alpha value is -6.06. The average molecular weight is 589 g/mol. The van der Waals surface area contributed by atoms with Crippen molar-refractivity contribution in [3.8, 4) is 56.4 Å². The van der Waals surface area contributed by atoms with Gasteiger partial charge in [0, 0.05) is 21.9 Å². The van der Waals surface area contributed by atoms with Crippen LogP contribution in [0.2, 0.25) is 0 Å². The molecule has 3 nitrogen and oxygen atoms in total. The number of furan rings is 1. The summed E-state index contributed by atoms with van der Waals surface area (Å²) in [6, 6.07) is 51.5. The van der Waals surface area contributed by atoms with Crippen molar-refractivity contribution in [3.05, 3.63) is 168 Å². The van der Waals surface area contributed by atoms with Crippen LogP contribution >= 0.6 is 0 Å². The van der Waals surface area contributed by atoms with Gasteiger partial charge in [0.1, 0.15) is 11.2 Å². The van der Waals surface area contributed by atoms with Crippen LogP contribution in [0.1, 0.15) is 22.3 Å². The van der Waals surface area contributed by atoms with E-state index in [9.17, 15) is 0 Å². The SMILES string of the molecule is c1ccc2c(c1)Oc1ccc3c(c1O2)C1(c2ccccc2-c2ccccc21)c1cc(-c2cccc4c2oc2ccccc24)ccc1-3. The van der Waals surface area contributed by atoms with E-state index in [4.69, 9.17) is 13.9 Å². The van der Waals surface area contributed by atoms with Crippen molar-refractivity contribution in [2.24, 2.45) is 0 Å². The van der Waals surface area contributed by atoms with Gasteiger partial charge in [-0.05, 0) is 74.8 Å². The smallest absolute Gasteiger partial charge is 0.175 e. The second-order valence-electron chi connectivity index (χ2n) is 12.3. The molecule has 0 fully saturated rings. The van der Waals surface area contributed by atoms with Gasteiger partial charge in [0.05, 0.1) is 5.41 Å². The van der Waals surface area contributed by atoms with E-state index in [0.717, 1.165) is 67.2 Å². The van der Waals surface area contributed by atoms with Crippen molar-refractivity contribution in [1.82, 2.24) is 0 Å². The summed E-state index contributed by atoms with van der Waals surface area (Å²) in [6.45, 7) is 0. The summed E-state index contributed by atoms with van der Waals surface area (Å²) in [5.41, 5.74) is 13.1. The summed E-state index contributed by atoms with van der Waals surface area (Å²) in [6.07, 6.45) is 0. The Morgan fingerprint density at radius 3 is 1.87 bits per heavy atom. The van der Waals surface area contributed by atoms with E-state index < -0.39 is 5.41 Å². The van der Waals surface area contributed by atoms with E-state index in [1.54, 1.807) is 0 Å². The Labute approximate surface area is 264 Å². The molecule has 11 rings (SSSR count). The van der Waals surface area contributed by atoms with Gasteiger partial charge in [-0.2, -0.15) is 0 Å². The lowest BCUT2D eigenvalue weighted by Crippen LogP contribution is -2.27. The summed E-state index contributed by atoms with van der Waals surface area (Å²) in [7, 11) is 0. The predicted molar refractivity (Wildman–Crippen MR) is 182 cm³/mol. The molecule has 0 amide bonds. The lowest BCUT2D eigenvalue weighted by atomic mass is 9.70. The van der Waals surface area contributed by atoms with Gasteiger partial charge >= 0.3 is 0 Å². The van der Waals surface area contributed by atoms with Crippen molar-refractivity contribution in [2.45, 2.75) is 5.41 Å². The van der Waals surface area contributed by atoms with Gasteiger partial charge in [-0.15, -0.1) is 0 Å². The van der Waals surface area contributed by atoms with Crippen LogP contribution in [0.5, 0.6) is 23.0 Å². The third-order valence-electron chi connectivity index (χ3n) is 10.2. The van der Waals surface area contributed by atoms with E-state index in [1.807, 2.05) is 36.4 Å². The fourth-order valence-electron chi connectivity index (χ4n) is 8.35. The minimum absolute atomic E-state index is 0.601. The summed E-state index contributed by atoms with van der Waals surface area (Å²) < 4.78 is 19.9. The first kappa shape index (κ1) is 24.3. The van der Waals surface area contributed by atoms with Gasteiger partial charge in [-0.1, -0.05) is 115 Å². The molecule has 0 saturated heterocycles. The second kappa shape index (κ2) is 8.56. The predicted octanol–water partition coefficient (Wildman–Crippen LogP) is 11.5. The highest BCUT2D eigenvalue weighted by atomic mass is 16.6. The normalized spacial score (nSPS) is 14.2. The zero-order valence-corrected chi connectivity index (χ0v) is 24.6. The van der Waals surface area contributed by atoms with Crippen LogP contribution in [0.3, 0.4) is 0 Å². The Balaban J connectivity index is 1.25. The van der Waals surface area contributed by atoms with Crippen LogP contribution < -0.4 is 9.47 Å². The highest BCUT2D eigenvalue weighted by Crippen LogP contribution is 2.67. The minimum atomic E-state index is -0.601. The standard InChI is InChI=1S/C43H24O3/c1-4-15-33-27(10-1)28-11-2-5-16-34(28)43(33)35-24-25(26-13-9-14-32-30-12-3-6-17-36(30)45-41(26)32)20-21-29(35)31-22-23-39-42(40(31)43)46-38-19-8-7-18-37(38)44-39/h1-24H. The van der Waals surface area contributed by atoms with Crippen molar-refractivity contribution < 1.29 is 13.9 Å². The summed E-state index contributed by atoms with van der Waals surface area (Å²) in [4.78, 5) is 0. The number of hydrogen-bond acceptors (Lipinski definition) is 3. The molecule has 0 radical (unpaired) electrons. The van der Waals surface area contributed by atoms with Gasteiger partial charge in [0.25, 0.3) is 0 Å². The molecule has 8 aromatic rings. The molecule has 1 aliphatic heterocycles. The lowest BCUT2D eigenvalue weighted by molar-refractivity contribution is 0.354. The fourth-order valence-corrected chi connectivity index (χ4v) is 8.35. The third-order valence-corrected chi connectivity index (χ3v) is 10.2. The van der Waals surface area contributed by atoms with Gasteiger partial charge in [0.15, 0.2) is 23.0 Å². The number of ether oxygens (including phenoxy) is 2. The Bertz CT molecular complexity index is 2560. The molecular formula is C43H24O3. The van der Waals surface area contributed by atoms with E-state index in [2.05, 4.69) is 109 Å². The molecule has 2 heterocycles. The molecule has 1 spiro atoms. The summed E-state index contributed by atoms with van der Waals surface area (Å²) in [5, 5.41) is 2.26. The number of hydrogen-bond donors (Lipinski definition) is 0. The van der Waals surface area contributed by atoms with Gasteiger partial charge in [-0.25, -0.2) is 0 Å². The van der Waals surface area contributed by atoms with Crippen molar-refractivity contribution in [3.63, 3.8) is 0 Å². The highest BCUT2D eigenvalue weighted by Gasteiger charge is 2.54. The molecule has 7 aromatic carbocycles. The van der Waals surface area contributed by atoms with Gasteiger partial charge in [0.2, 0.25) is 0 Å². The second-order valence-corrected chi connectivity index (χ2v) is 12.3. The molecule has 3 heteroatoms. The van der Waals surface area contributed by atoms with Gasteiger partial charge < -0.3 is 13.9 Å². The maximum Gasteiger partial charge on any atom is 0.175 e. The van der Waals surface area contributed by atoms with E-state index >= 15 is 0 Å². The van der Waals surface area contributed by atoms with Crippen LogP contribution in [0, 0.1) is 0 Å². The largest absolute Gasteiger partial charge is 0.455 e. The summed E-state index contributed by atoms with van der Waals surface area (Å²) in [5.74, 6) is 2.97. The van der Waals surface area contributed by atoms with Crippen LogP contribution in [-0.2, 0) is 5.41 Å². The number of para-hydroxylation sites is 4. The quantitative estimate of drug-likeness (QED) is 0.191. The molecular weight excluding hydrogens is 564 g/mol. The van der Waals surface area contributed by atoms with E-state index in [0.29, 0.717) is 0 Å². The molecule has 0 atom stereocenters. The van der Waals surface area contributed by atoms with Crippen molar-refractivity contribution in [1.29, 1.82) is 0 Å². The van der Waals surface area contributed by atoms with Gasteiger partial charge in [-0.3, -0.25) is 0 Å². The minimum Gasteiger partial charge on any atom is -0.455 e. The molecule has 0 N–H and O–H groups in total. The number of rotatable bonds is 1. The molecule has 0 bridgehead atoms. The first-order valence-corrected chi connectivity index (χ1v) is 15.7. The van der Waals surface area contributed by atoms with E-state index in [1.165, 1.54) is 33.4 Å². The Kier molecular flexibility index (Phi) is 4.52. The maximum atomic E-state index is 6.83. The van der Waals surface area contributed by atoms with Crippen LogP contribution in [0.15, 0.2) is 150 Å². The first-order chi connectivity index (χ1) is 22.8. The Morgan fingerprint density at radius 1 is 0.413 bits per heavy atom. The van der Waals surface area contributed by atoms with Crippen molar-refractivity contribution >= 4 is 21.9 Å². The molecule has 0 unspecified atom stereocenters. The van der Waals surface area contributed by atoms with E-state index in [-0.39, 0.29) is 0 Å². The zero-order chi connectivity index (χ0) is 30.0. The zero-order valence-electron chi connectivity index (χ0n) is 24.6. The monoisotopic (exact) mass is 588 g/mol. The van der Waals surface area contributed by atoms with Crippen molar-refractivity contribution in [2.75, 3.05) is 0 Å². The number of fused-ring (bicyclic) bond motifs is 16. The van der Waals surface area contributed by atoms with Crippen LogP contribution in [-0.4, -0.2) is 0 Å². The molecule has 3 aliphatic rings. The lowest BCUT2D eigenvalue weighted by Gasteiger charge is -2.33. The molecule has 214 valence electrons. The first-order valence-electron chi connectivity index (χ1n) is 15.7.